The third-order valence-corrected chi connectivity index (χ3v) is 4.87. The average Bonchev–Trinajstić information content (AvgIpc) is 2.78. The first-order chi connectivity index (χ1) is 9.15. The molecule has 0 bridgehead atoms. The fraction of sp³-hybridized carbons (Fsp3) is 0.714. The summed E-state index contributed by atoms with van der Waals surface area (Å²) in [6, 6.07) is 2.04. The highest BCUT2D eigenvalue weighted by molar-refractivity contribution is 5.80. The molecule has 4 heterocycles. The summed E-state index contributed by atoms with van der Waals surface area (Å²) in [5, 5.41) is 4.27. The normalized spacial score (nSPS) is 28.7. The molecule has 0 aromatic carbocycles. The van der Waals surface area contributed by atoms with Crippen molar-refractivity contribution in [1.29, 1.82) is 0 Å². The average molecular weight is 260 g/mol. The van der Waals surface area contributed by atoms with E-state index in [1.807, 2.05) is 16.9 Å². The number of carbonyl (C=O) groups is 1. The number of carbonyl (C=O) groups excluding carboxylic acids is 1. The van der Waals surface area contributed by atoms with E-state index in [-0.39, 0.29) is 5.92 Å². The Morgan fingerprint density at radius 2 is 2.16 bits per heavy atom. The number of rotatable bonds is 1. The van der Waals surface area contributed by atoms with Crippen LogP contribution in [-0.2, 0) is 17.8 Å². The Balaban J connectivity index is 1.38. The van der Waals surface area contributed by atoms with Crippen LogP contribution < -0.4 is 0 Å². The molecule has 102 valence electrons. The SMILES string of the molecule is CN1CC2(C1)CN(C(=O)C1CCn3nccc3C1)C2. The van der Waals surface area contributed by atoms with E-state index in [2.05, 4.69) is 21.9 Å². The summed E-state index contributed by atoms with van der Waals surface area (Å²) >= 11 is 0. The van der Waals surface area contributed by atoms with Gasteiger partial charge in [-0.15, -0.1) is 0 Å². The zero-order valence-corrected chi connectivity index (χ0v) is 11.4. The zero-order chi connectivity index (χ0) is 13.0. The quantitative estimate of drug-likeness (QED) is 0.725. The Morgan fingerprint density at radius 3 is 2.89 bits per heavy atom. The van der Waals surface area contributed by atoms with E-state index in [0.29, 0.717) is 11.3 Å². The van der Waals surface area contributed by atoms with Crippen LogP contribution in [0.1, 0.15) is 12.1 Å². The second-order valence-corrected chi connectivity index (χ2v) is 6.60. The highest BCUT2D eigenvalue weighted by atomic mass is 16.2. The molecule has 1 atom stereocenters. The number of aromatic nitrogens is 2. The van der Waals surface area contributed by atoms with Gasteiger partial charge in [-0.2, -0.15) is 5.10 Å². The summed E-state index contributed by atoms with van der Waals surface area (Å²) in [5.74, 6) is 0.548. The fourth-order valence-corrected chi connectivity index (χ4v) is 4.05. The lowest BCUT2D eigenvalue weighted by Gasteiger charge is -2.60. The molecule has 1 aromatic heterocycles. The minimum absolute atomic E-state index is 0.180. The molecule has 19 heavy (non-hydrogen) atoms. The molecule has 0 radical (unpaired) electrons. The number of aryl methyl sites for hydroxylation is 1. The molecule has 5 nitrogen and oxygen atoms in total. The van der Waals surface area contributed by atoms with Gasteiger partial charge in [-0.05, 0) is 19.5 Å². The fourth-order valence-electron chi connectivity index (χ4n) is 4.05. The van der Waals surface area contributed by atoms with Crippen molar-refractivity contribution in [3.8, 4) is 0 Å². The number of likely N-dealkylation sites (tertiary alicyclic amines) is 2. The van der Waals surface area contributed by atoms with Crippen LogP contribution in [0.15, 0.2) is 12.3 Å². The van der Waals surface area contributed by atoms with Crippen molar-refractivity contribution in [2.24, 2.45) is 11.3 Å². The first-order valence-corrected chi connectivity index (χ1v) is 7.13. The van der Waals surface area contributed by atoms with Gasteiger partial charge in [0, 0.05) is 62.4 Å². The number of nitrogens with zero attached hydrogens (tertiary/aromatic N) is 4. The Hall–Kier alpha value is -1.36. The van der Waals surface area contributed by atoms with Crippen LogP contribution in [0.4, 0.5) is 0 Å². The van der Waals surface area contributed by atoms with Gasteiger partial charge in [0.2, 0.25) is 5.91 Å². The highest BCUT2D eigenvalue weighted by Crippen LogP contribution is 2.39. The standard InChI is InChI=1S/C14H20N4O/c1-16-7-14(8-16)9-17(10-14)13(19)11-3-5-18-12(6-11)2-4-15-18/h2,4,11H,3,5-10H2,1H3. The van der Waals surface area contributed by atoms with Crippen LogP contribution >= 0.6 is 0 Å². The molecular weight excluding hydrogens is 240 g/mol. The largest absolute Gasteiger partial charge is 0.341 e. The van der Waals surface area contributed by atoms with Crippen molar-refractivity contribution in [3.05, 3.63) is 18.0 Å². The van der Waals surface area contributed by atoms with E-state index in [1.165, 1.54) is 5.69 Å². The van der Waals surface area contributed by atoms with Gasteiger partial charge in [0.25, 0.3) is 0 Å². The molecule has 0 N–H and O–H groups in total. The molecular formula is C14H20N4O. The van der Waals surface area contributed by atoms with Crippen molar-refractivity contribution in [2.75, 3.05) is 33.2 Å². The van der Waals surface area contributed by atoms with E-state index in [4.69, 9.17) is 0 Å². The molecule has 3 aliphatic rings. The first-order valence-electron chi connectivity index (χ1n) is 7.13. The van der Waals surface area contributed by atoms with Gasteiger partial charge < -0.3 is 9.80 Å². The molecule has 0 saturated carbocycles. The summed E-state index contributed by atoms with van der Waals surface area (Å²) < 4.78 is 2.03. The van der Waals surface area contributed by atoms with E-state index in [1.54, 1.807) is 0 Å². The lowest BCUT2D eigenvalue weighted by atomic mass is 9.72. The van der Waals surface area contributed by atoms with E-state index >= 15 is 0 Å². The van der Waals surface area contributed by atoms with Crippen LogP contribution in [0.25, 0.3) is 0 Å². The van der Waals surface area contributed by atoms with Crippen LogP contribution in [0.2, 0.25) is 0 Å². The smallest absolute Gasteiger partial charge is 0.226 e. The Morgan fingerprint density at radius 1 is 1.37 bits per heavy atom. The Bertz CT molecular complexity index is 509. The van der Waals surface area contributed by atoms with Gasteiger partial charge >= 0.3 is 0 Å². The van der Waals surface area contributed by atoms with Gasteiger partial charge in [0.15, 0.2) is 0 Å². The van der Waals surface area contributed by atoms with Crippen LogP contribution in [-0.4, -0.2) is 58.7 Å². The van der Waals surface area contributed by atoms with Gasteiger partial charge in [-0.1, -0.05) is 0 Å². The van der Waals surface area contributed by atoms with E-state index < -0.39 is 0 Å². The van der Waals surface area contributed by atoms with Crippen molar-refractivity contribution < 1.29 is 4.79 Å². The summed E-state index contributed by atoms with van der Waals surface area (Å²) in [4.78, 5) is 16.9. The van der Waals surface area contributed by atoms with Crippen LogP contribution in [0, 0.1) is 11.3 Å². The molecule has 4 rings (SSSR count). The minimum atomic E-state index is 0.180. The van der Waals surface area contributed by atoms with Gasteiger partial charge in [0.05, 0.1) is 0 Å². The molecule has 1 unspecified atom stereocenters. The minimum Gasteiger partial charge on any atom is -0.341 e. The lowest BCUT2D eigenvalue weighted by Crippen LogP contribution is -2.72. The van der Waals surface area contributed by atoms with Gasteiger partial charge in [-0.3, -0.25) is 9.48 Å². The van der Waals surface area contributed by atoms with Crippen molar-refractivity contribution in [1.82, 2.24) is 19.6 Å². The van der Waals surface area contributed by atoms with E-state index in [9.17, 15) is 4.79 Å². The van der Waals surface area contributed by atoms with Crippen LogP contribution in [0.3, 0.4) is 0 Å². The lowest BCUT2D eigenvalue weighted by molar-refractivity contribution is -0.161. The molecule has 3 aliphatic heterocycles. The maximum atomic E-state index is 12.5. The maximum Gasteiger partial charge on any atom is 0.226 e. The molecule has 2 fully saturated rings. The second-order valence-electron chi connectivity index (χ2n) is 6.60. The van der Waals surface area contributed by atoms with Crippen molar-refractivity contribution in [3.63, 3.8) is 0 Å². The summed E-state index contributed by atoms with van der Waals surface area (Å²) in [5.41, 5.74) is 1.66. The van der Waals surface area contributed by atoms with Crippen LogP contribution in [0.5, 0.6) is 0 Å². The third kappa shape index (κ3) is 1.71. The molecule has 1 amide bonds. The molecule has 2 saturated heterocycles. The third-order valence-electron chi connectivity index (χ3n) is 4.87. The van der Waals surface area contributed by atoms with Gasteiger partial charge in [0.1, 0.15) is 0 Å². The predicted octanol–water partition coefficient (Wildman–Crippen LogP) is 0.220. The first kappa shape index (κ1) is 11.5. The Labute approximate surface area is 113 Å². The summed E-state index contributed by atoms with van der Waals surface area (Å²) in [6.45, 7) is 5.17. The van der Waals surface area contributed by atoms with E-state index in [0.717, 1.165) is 45.6 Å². The summed E-state index contributed by atoms with van der Waals surface area (Å²) in [7, 11) is 2.15. The highest BCUT2D eigenvalue weighted by Gasteiger charge is 2.52. The molecule has 1 aromatic rings. The molecule has 0 aliphatic carbocycles. The topological polar surface area (TPSA) is 41.4 Å². The number of hydrogen-bond donors (Lipinski definition) is 0. The monoisotopic (exact) mass is 260 g/mol. The molecule has 1 spiro atoms. The van der Waals surface area contributed by atoms with Gasteiger partial charge in [-0.25, -0.2) is 0 Å². The van der Waals surface area contributed by atoms with Crippen molar-refractivity contribution in [2.45, 2.75) is 19.4 Å². The zero-order valence-electron chi connectivity index (χ0n) is 11.4. The molecule has 5 heteroatoms. The Kier molecular flexibility index (Phi) is 2.31. The number of amides is 1. The number of fused-ring (bicyclic) bond motifs is 1. The maximum absolute atomic E-state index is 12.5. The predicted molar refractivity (Wildman–Crippen MR) is 70.5 cm³/mol. The number of hydrogen-bond acceptors (Lipinski definition) is 3. The second kappa shape index (κ2) is 3.82. The summed E-state index contributed by atoms with van der Waals surface area (Å²) in [6.07, 6.45) is 3.64. The van der Waals surface area contributed by atoms with Crippen molar-refractivity contribution >= 4 is 5.91 Å².